The highest BCUT2D eigenvalue weighted by molar-refractivity contribution is 7.91. The van der Waals surface area contributed by atoms with Crippen LogP contribution in [0.5, 0.6) is 5.88 Å². The van der Waals surface area contributed by atoms with Crippen LogP contribution in [0.2, 0.25) is 0 Å². The molecule has 4 bridgehead atoms. The Hall–Kier alpha value is -4.00. The Morgan fingerprint density at radius 3 is 2.62 bits per heavy atom. The summed E-state index contributed by atoms with van der Waals surface area (Å²) < 4.78 is 39.2. The van der Waals surface area contributed by atoms with E-state index >= 15 is 0 Å². The Morgan fingerprint density at radius 2 is 1.90 bits per heavy atom. The standard InChI is InChI=1S/C35H44N4O8S/c1-4-24-19-35(24,33(43)38-48(44,45)26-10-11-26)37-31(42)28-18-25-20-39(28)29(40)12-13-30(41)46-21-34(2,3)15-6-5-7-22-8-9-23-14-16-36-32(47-25)27(23)17-22/h4,8-9,14,16-17,24-26,28H,1,5-7,10-13,15,18-21H2,2-3H3,(H,37,42)(H,38,43)/t24-,25-,28+,35-/m1/s1. The van der Waals surface area contributed by atoms with Gasteiger partial charge in [0.05, 0.1) is 24.8 Å². The number of fused-ring (bicyclic) bond motifs is 3. The Balaban J connectivity index is 1.26. The number of rotatable bonds is 6. The molecule has 0 spiro atoms. The molecule has 2 N–H and O–H groups in total. The Kier molecular flexibility index (Phi) is 9.27. The smallest absolute Gasteiger partial charge is 0.306 e. The molecule has 4 atom stereocenters. The first kappa shape index (κ1) is 33.9. The number of sulfonamides is 1. The van der Waals surface area contributed by atoms with Gasteiger partial charge in [-0.3, -0.25) is 23.9 Å². The van der Waals surface area contributed by atoms with E-state index in [1.165, 1.54) is 11.0 Å². The molecule has 2 aliphatic carbocycles. The van der Waals surface area contributed by atoms with Gasteiger partial charge in [-0.25, -0.2) is 13.4 Å². The minimum Gasteiger partial charge on any atom is -0.472 e. The number of amides is 3. The second-order valence-corrected chi connectivity index (χ2v) is 16.4. The zero-order chi connectivity index (χ0) is 34.3. The molecule has 258 valence electrons. The molecule has 1 aromatic heterocycles. The van der Waals surface area contributed by atoms with Crippen molar-refractivity contribution in [3.63, 3.8) is 0 Å². The molecule has 2 aromatic rings. The van der Waals surface area contributed by atoms with Gasteiger partial charge in [-0.2, -0.15) is 0 Å². The number of aromatic nitrogens is 1. The minimum absolute atomic E-state index is 0.0525. The van der Waals surface area contributed by atoms with Crippen LogP contribution in [0.3, 0.4) is 0 Å². The molecule has 4 aliphatic rings. The summed E-state index contributed by atoms with van der Waals surface area (Å²) in [5, 5.41) is 3.94. The Morgan fingerprint density at radius 1 is 1.10 bits per heavy atom. The monoisotopic (exact) mass is 680 g/mol. The van der Waals surface area contributed by atoms with Gasteiger partial charge < -0.3 is 19.7 Å². The van der Waals surface area contributed by atoms with Crippen LogP contribution in [-0.2, 0) is 40.4 Å². The van der Waals surface area contributed by atoms with Gasteiger partial charge in [-0.05, 0) is 67.0 Å². The predicted octanol–water partition coefficient (Wildman–Crippen LogP) is 3.33. The lowest BCUT2D eigenvalue weighted by molar-refractivity contribution is -0.149. The van der Waals surface area contributed by atoms with Crippen molar-refractivity contribution in [3.8, 4) is 5.88 Å². The fraction of sp³-hybridized carbons (Fsp3) is 0.571. The van der Waals surface area contributed by atoms with Crippen molar-refractivity contribution < 1.29 is 37.1 Å². The maximum atomic E-state index is 13.9. The molecule has 12 nitrogen and oxygen atoms in total. The van der Waals surface area contributed by atoms with Crippen LogP contribution in [0.1, 0.15) is 77.2 Å². The summed E-state index contributed by atoms with van der Waals surface area (Å²) in [6, 6.07) is 7.06. The molecular formula is C35H44N4O8S. The fourth-order valence-electron chi connectivity index (χ4n) is 6.73. The number of carbonyl (C=O) groups is 4. The van der Waals surface area contributed by atoms with Crippen molar-refractivity contribution in [2.45, 2.75) is 101 Å². The van der Waals surface area contributed by atoms with Crippen LogP contribution in [-0.4, -0.2) is 78.1 Å². The molecule has 6 rings (SSSR count). The van der Waals surface area contributed by atoms with Crippen molar-refractivity contribution in [2.75, 3.05) is 13.2 Å². The van der Waals surface area contributed by atoms with E-state index in [-0.39, 0.29) is 44.2 Å². The van der Waals surface area contributed by atoms with E-state index in [1.54, 1.807) is 6.20 Å². The third kappa shape index (κ3) is 7.35. The molecular weight excluding hydrogens is 636 g/mol. The average molecular weight is 681 g/mol. The highest BCUT2D eigenvalue weighted by atomic mass is 32.2. The van der Waals surface area contributed by atoms with Crippen LogP contribution in [0.25, 0.3) is 10.8 Å². The first-order valence-corrected chi connectivity index (χ1v) is 18.3. The first-order chi connectivity index (χ1) is 22.8. The van der Waals surface area contributed by atoms with Crippen LogP contribution < -0.4 is 14.8 Å². The first-order valence-electron chi connectivity index (χ1n) is 16.8. The summed E-state index contributed by atoms with van der Waals surface area (Å²) in [6.45, 7) is 8.15. The third-order valence-corrected chi connectivity index (χ3v) is 11.8. The summed E-state index contributed by atoms with van der Waals surface area (Å²) in [5.74, 6) is -2.44. The molecule has 2 aliphatic heterocycles. The molecule has 3 amide bonds. The summed E-state index contributed by atoms with van der Waals surface area (Å²) in [6.07, 6.45) is 7.12. The number of carbonyl (C=O) groups excluding carboxylic acids is 4. The number of hydrogen-bond donors (Lipinski definition) is 2. The third-order valence-electron chi connectivity index (χ3n) is 9.94. The lowest BCUT2D eigenvalue weighted by atomic mass is 9.87. The summed E-state index contributed by atoms with van der Waals surface area (Å²) >= 11 is 0. The normalized spacial score (nSPS) is 28.0. The zero-order valence-corrected chi connectivity index (χ0v) is 28.4. The predicted molar refractivity (Wildman–Crippen MR) is 177 cm³/mol. The van der Waals surface area contributed by atoms with Crippen molar-refractivity contribution >= 4 is 44.5 Å². The van der Waals surface area contributed by atoms with E-state index in [1.807, 2.05) is 12.1 Å². The van der Waals surface area contributed by atoms with Crippen LogP contribution in [0.4, 0.5) is 0 Å². The van der Waals surface area contributed by atoms with Crippen LogP contribution in [0, 0.1) is 11.3 Å². The second-order valence-electron chi connectivity index (χ2n) is 14.4. The molecule has 3 fully saturated rings. The van der Waals surface area contributed by atoms with Gasteiger partial charge in [0.25, 0.3) is 5.91 Å². The van der Waals surface area contributed by atoms with Crippen molar-refractivity contribution in [1.82, 2.24) is 19.9 Å². The van der Waals surface area contributed by atoms with E-state index in [0.717, 1.165) is 42.0 Å². The van der Waals surface area contributed by atoms with Gasteiger partial charge >= 0.3 is 5.97 Å². The highest BCUT2D eigenvalue weighted by Gasteiger charge is 2.62. The van der Waals surface area contributed by atoms with Gasteiger partial charge in [0.15, 0.2) is 0 Å². The number of esters is 1. The van der Waals surface area contributed by atoms with Crippen LogP contribution >= 0.6 is 0 Å². The molecule has 1 aromatic carbocycles. The lowest BCUT2D eigenvalue weighted by Crippen LogP contribution is -2.56. The fourth-order valence-corrected chi connectivity index (χ4v) is 8.09. The van der Waals surface area contributed by atoms with Gasteiger partial charge in [-0.1, -0.05) is 38.5 Å². The molecule has 3 heterocycles. The summed E-state index contributed by atoms with van der Waals surface area (Å²) in [4.78, 5) is 59.5. The number of benzene rings is 1. The van der Waals surface area contributed by atoms with Crippen molar-refractivity contribution in [1.29, 1.82) is 0 Å². The number of nitrogens with one attached hydrogen (secondary N) is 2. The number of pyridine rings is 1. The maximum absolute atomic E-state index is 13.9. The lowest BCUT2D eigenvalue weighted by Gasteiger charge is -2.26. The van der Waals surface area contributed by atoms with E-state index in [9.17, 15) is 27.6 Å². The van der Waals surface area contributed by atoms with Crippen LogP contribution in [0.15, 0.2) is 43.1 Å². The van der Waals surface area contributed by atoms with Crippen molar-refractivity contribution in [2.24, 2.45) is 11.3 Å². The zero-order valence-electron chi connectivity index (χ0n) is 27.5. The average Bonchev–Trinajstić information content (AvgIpc) is 3.97. The van der Waals surface area contributed by atoms with Gasteiger partial charge in [-0.15, -0.1) is 6.58 Å². The molecule has 0 unspecified atom stereocenters. The molecule has 13 heteroatoms. The Labute approximate surface area is 281 Å². The number of aryl methyl sites for hydroxylation is 1. The Bertz CT molecular complexity index is 1740. The molecule has 1 saturated heterocycles. The van der Waals surface area contributed by atoms with E-state index < -0.39 is 62.6 Å². The van der Waals surface area contributed by atoms with Crippen molar-refractivity contribution in [3.05, 3.63) is 48.7 Å². The number of cyclic esters (lactones) is 1. The van der Waals surface area contributed by atoms with E-state index in [4.69, 9.17) is 9.47 Å². The summed E-state index contributed by atoms with van der Waals surface area (Å²) in [7, 11) is -3.85. The second kappa shape index (κ2) is 13.1. The molecule has 2 saturated carbocycles. The van der Waals surface area contributed by atoms with E-state index in [0.29, 0.717) is 18.7 Å². The van der Waals surface area contributed by atoms with Gasteiger partial charge in [0, 0.05) is 30.3 Å². The van der Waals surface area contributed by atoms with Gasteiger partial charge in [0.1, 0.15) is 17.7 Å². The molecule has 48 heavy (non-hydrogen) atoms. The molecule has 0 radical (unpaired) electrons. The number of nitrogens with zero attached hydrogens (tertiary/aromatic N) is 2. The largest absolute Gasteiger partial charge is 0.472 e. The SMILES string of the molecule is C=C[C@@H]1C[C@]1(NC(=O)[C@@H]1C[C@@H]2CN1C(=O)CCC(=O)OCC(C)(C)CCCCc1ccc3ccnc(c3c1)O2)C(=O)NS(=O)(=O)C1CC1. The number of ether oxygens (including phenoxy) is 2. The summed E-state index contributed by atoms with van der Waals surface area (Å²) in [5.41, 5.74) is -0.588. The maximum Gasteiger partial charge on any atom is 0.306 e. The minimum atomic E-state index is -3.85. The van der Waals surface area contributed by atoms with E-state index in [2.05, 4.69) is 47.6 Å². The quantitative estimate of drug-likeness (QED) is 0.345. The topological polar surface area (TPSA) is 161 Å². The number of hydrogen-bond acceptors (Lipinski definition) is 9. The highest BCUT2D eigenvalue weighted by Crippen LogP contribution is 2.45. The van der Waals surface area contributed by atoms with Gasteiger partial charge in [0.2, 0.25) is 27.7 Å².